The lowest BCUT2D eigenvalue weighted by Gasteiger charge is -2.24. The molecule has 10 heteroatoms. The summed E-state index contributed by atoms with van der Waals surface area (Å²) >= 11 is 0. The number of fused-ring (bicyclic) bond motifs is 1. The molecule has 3 heterocycles. The number of rotatable bonds is 5. The summed E-state index contributed by atoms with van der Waals surface area (Å²) < 4.78 is 23.2. The van der Waals surface area contributed by atoms with Gasteiger partial charge < -0.3 is 10.0 Å². The number of carbonyl (C=O) groups excluding carboxylic acids is 1. The Morgan fingerprint density at radius 3 is 2.24 bits per heavy atom. The molecule has 0 spiro atoms. The first-order chi connectivity index (χ1) is 16.3. The zero-order valence-corrected chi connectivity index (χ0v) is 18.6. The molecule has 3 N–H and O–H groups in total. The van der Waals surface area contributed by atoms with Gasteiger partial charge in [0.2, 0.25) is 10.0 Å². The fourth-order valence-corrected chi connectivity index (χ4v) is 4.54. The Bertz CT molecular complexity index is 1480. The average molecular weight is 474 g/mol. The normalized spacial score (nSPS) is 17.6. The zero-order chi connectivity index (χ0) is 23.9. The van der Waals surface area contributed by atoms with E-state index in [0.717, 1.165) is 5.56 Å². The Balaban J connectivity index is 1.49. The molecule has 1 amide bonds. The number of nitrogens with zero attached hydrogens (tertiary/aromatic N) is 4. The second-order valence-electron chi connectivity index (χ2n) is 7.84. The minimum Gasteiger partial charge on any atom is -0.372 e. The number of aliphatic hydroxyl groups is 1. The van der Waals surface area contributed by atoms with Crippen LogP contribution in [0.2, 0.25) is 0 Å². The van der Waals surface area contributed by atoms with Gasteiger partial charge in [0.25, 0.3) is 5.91 Å². The SMILES string of the molecule is NS(=O)(=O)c1ccc(C2(O)C(=O)N(Cc3cnc(-c4ccncc4)nc3)c3ccccc32)cc1. The smallest absolute Gasteiger partial charge is 0.268 e. The number of sulfonamides is 1. The predicted octanol–water partition coefficient (Wildman–Crippen LogP) is 1.97. The van der Waals surface area contributed by atoms with E-state index in [1.165, 1.54) is 29.2 Å². The standard InChI is InChI=1S/C24H19N5O4S/c25-34(32,33)19-7-5-18(6-8-19)24(31)20-3-1-2-4-21(20)29(23(24)30)15-16-13-27-22(28-14-16)17-9-11-26-12-10-17/h1-14,31H,15H2,(H2,25,32,33). The highest BCUT2D eigenvalue weighted by molar-refractivity contribution is 7.89. The average Bonchev–Trinajstić information content (AvgIpc) is 3.07. The van der Waals surface area contributed by atoms with E-state index in [0.29, 0.717) is 22.6 Å². The van der Waals surface area contributed by atoms with Crippen LogP contribution in [0.4, 0.5) is 5.69 Å². The maximum Gasteiger partial charge on any atom is 0.268 e. The first-order valence-electron chi connectivity index (χ1n) is 10.3. The molecule has 0 saturated heterocycles. The lowest BCUT2D eigenvalue weighted by atomic mass is 9.87. The lowest BCUT2D eigenvalue weighted by molar-refractivity contribution is -0.132. The van der Waals surface area contributed by atoms with Crippen LogP contribution in [-0.4, -0.2) is 34.4 Å². The number of pyridine rings is 1. The molecular formula is C24H19N5O4S. The summed E-state index contributed by atoms with van der Waals surface area (Å²) in [5.41, 5.74) is 0.701. The molecule has 1 aliphatic rings. The molecule has 34 heavy (non-hydrogen) atoms. The van der Waals surface area contributed by atoms with Gasteiger partial charge in [0, 0.05) is 41.5 Å². The van der Waals surface area contributed by atoms with Crippen LogP contribution in [0.1, 0.15) is 16.7 Å². The molecule has 2 aromatic heterocycles. The molecule has 1 unspecified atom stereocenters. The van der Waals surface area contributed by atoms with Crippen LogP contribution in [0.5, 0.6) is 0 Å². The van der Waals surface area contributed by atoms with Gasteiger partial charge in [-0.1, -0.05) is 30.3 Å². The predicted molar refractivity (Wildman–Crippen MR) is 124 cm³/mol. The minimum absolute atomic E-state index is 0.109. The second-order valence-corrected chi connectivity index (χ2v) is 9.40. The van der Waals surface area contributed by atoms with Gasteiger partial charge in [0.05, 0.1) is 17.1 Å². The van der Waals surface area contributed by atoms with Gasteiger partial charge in [-0.2, -0.15) is 0 Å². The first kappa shape index (κ1) is 21.8. The summed E-state index contributed by atoms with van der Waals surface area (Å²) in [5, 5.41) is 16.8. The molecule has 0 radical (unpaired) electrons. The van der Waals surface area contributed by atoms with Crippen LogP contribution >= 0.6 is 0 Å². The van der Waals surface area contributed by atoms with E-state index in [2.05, 4.69) is 15.0 Å². The minimum atomic E-state index is -3.91. The van der Waals surface area contributed by atoms with Crippen molar-refractivity contribution in [2.24, 2.45) is 5.14 Å². The maximum atomic E-state index is 13.5. The van der Waals surface area contributed by atoms with E-state index < -0.39 is 21.5 Å². The third kappa shape index (κ3) is 3.63. The first-order valence-corrected chi connectivity index (χ1v) is 11.8. The van der Waals surface area contributed by atoms with Crippen molar-refractivity contribution in [3.05, 3.63) is 102 Å². The Labute approximate surface area is 195 Å². The summed E-state index contributed by atoms with van der Waals surface area (Å²) in [4.78, 5) is 27.7. The van der Waals surface area contributed by atoms with Gasteiger partial charge in [-0.15, -0.1) is 0 Å². The number of amides is 1. The summed E-state index contributed by atoms with van der Waals surface area (Å²) in [5.74, 6) is -0.0268. The topological polar surface area (TPSA) is 139 Å². The lowest BCUT2D eigenvalue weighted by Crippen LogP contribution is -2.41. The molecular weight excluding hydrogens is 454 g/mol. The molecule has 170 valence electrons. The molecule has 0 bridgehead atoms. The number of aromatic nitrogens is 3. The summed E-state index contributed by atoms with van der Waals surface area (Å²) in [6.45, 7) is 0.143. The van der Waals surface area contributed by atoms with Gasteiger partial charge in [0.15, 0.2) is 11.4 Å². The molecule has 2 aromatic carbocycles. The summed E-state index contributed by atoms with van der Waals surface area (Å²) in [6.07, 6.45) is 6.58. The van der Waals surface area contributed by atoms with E-state index in [9.17, 15) is 18.3 Å². The molecule has 1 aliphatic heterocycles. The fraction of sp³-hybridized carbons (Fsp3) is 0.0833. The third-order valence-corrected chi connectivity index (χ3v) is 6.65. The highest BCUT2D eigenvalue weighted by Crippen LogP contribution is 2.45. The number of hydrogen-bond donors (Lipinski definition) is 2. The Kier molecular flexibility index (Phi) is 5.20. The van der Waals surface area contributed by atoms with Crippen molar-refractivity contribution in [3.8, 4) is 11.4 Å². The van der Waals surface area contributed by atoms with Crippen molar-refractivity contribution in [1.29, 1.82) is 0 Å². The summed E-state index contributed by atoms with van der Waals surface area (Å²) in [6, 6.07) is 15.9. The van der Waals surface area contributed by atoms with Gasteiger partial charge in [-0.25, -0.2) is 23.5 Å². The number of nitrogens with two attached hydrogens (primary N) is 1. The molecule has 1 atom stereocenters. The quantitative estimate of drug-likeness (QED) is 0.452. The molecule has 9 nitrogen and oxygen atoms in total. The largest absolute Gasteiger partial charge is 0.372 e. The second kappa shape index (κ2) is 8.10. The highest BCUT2D eigenvalue weighted by atomic mass is 32.2. The van der Waals surface area contributed by atoms with Gasteiger partial charge >= 0.3 is 0 Å². The van der Waals surface area contributed by atoms with Gasteiger partial charge in [0.1, 0.15) is 0 Å². The van der Waals surface area contributed by atoms with Crippen LogP contribution < -0.4 is 10.0 Å². The van der Waals surface area contributed by atoms with E-state index in [1.54, 1.807) is 61.2 Å². The van der Waals surface area contributed by atoms with Gasteiger partial charge in [-0.05, 0) is 35.9 Å². The van der Waals surface area contributed by atoms with E-state index >= 15 is 0 Å². The number of carbonyl (C=O) groups is 1. The molecule has 4 aromatic rings. The van der Waals surface area contributed by atoms with Crippen LogP contribution in [-0.2, 0) is 27.0 Å². The van der Waals surface area contributed by atoms with Crippen LogP contribution in [0.25, 0.3) is 11.4 Å². The zero-order valence-electron chi connectivity index (χ0n) is 17.7. The maximum absolute atomic E-state index is 13.5. The Morgan fingerprint density at radius 2 is 1.59 bits per heavy atom. The molecule has 5 rings (SSSR count). The fourth-order valence-electron chi connectivity index (χ4n) is 4.03. The Hall–Kier alpha value is -3.99. The number of benzene rings is 2. The number of anilines is 1. The number of hydrogen-bond acceptors (Lipinski definition) is 7. The van der Waals surface area contributed by atoms with Crippen molar-refractivity contribution < 1.29 is 18.3 Å². The van der Waals surface area contributed by atoms with Crippen molar-refractivity contribution in [3.63, 3.8) is 0 Å². The van der Waals surface area contributed by atoms with Crippen LogP contribution in [0.15, 0.2) is 90.3 Å². The third-order valence-electron chi connectivity index (χ3n) is 5.72. The van der Waals surface area contributed by atoms with Crippen LogP contribution in [0, 0.1) is 0 Å². The molecule has 0 saturated carbocycles. The molecule has 0 aliphatic carbocycles. The Morgan fingerprint density at radius 1 is 0.941 bits per heavy atom. The monoisotopic (exact) mass is 473 g/mol. The summed E-state index contributed by atoms with van der Waals surface area (Å²) in [7, 11) is -3.91. The highest BCUT2D eigenvalue weighted by Gasteiger charge is 2.50. The van der Waals surface area contributed by atoms with Gasteiger partial charge in [-0.3, -0.25) is 9.78 Å². The van der Waals surface area contributed by atoms with E-state index in [-0.39, 0.29) is 17.0 Å². The van der Waals surface area contributed by atoms with Crippen molar-refractivity contribution in [2.45, 2.75) is 17.0 Å². The van der Waals surface area contributed by atoms with Crippen molar-refractivity contribution in [2.75, 3.05) is 4.90 Å². The van der Waals surface area contributed by atoms with Crippen LogP contribution in [0.3, 0.4) is 0 Å². The molecule has 0 fully saturated rings. The van der Waals surface area contributed by atoms with E-state index in [4.69, 9.17) is 5.14 Å². The van der Waals surface area contributed by atoms with E-state index in [1.807, 2.05) is 0 Å². The van der Waals surface area contributed by atoms with Crippen molar-refractivity contribution >= 4 is 21.6 Å². The number of para-hydroxylation sites is 1. The van der Waals surface area contributed by atoms with Crippen molar-refractivity contribution in [1.82, 2.24) is 15.0 Å². The number of primary sulfonamides is 1.